The summed E-state index contributed by atoms with van der Waals surface area (Å²) in [6.07, 6.45) is 4.75. The lowest BCUT2D eigenvalue weighted by atomic mass is 9.92. The van der Waals surface area contributed by atoms with E-state index in [0.717, 1.165) is 38.1 Å². The predicted molar refractivity (Wildman–Crippen MR) is 113 cm³/mol. The third-order valence-corrected chi connectivity index (χ3v) is 8.64. The Morgan fingerprint density at radius 1 is 0.774 bits per heavy atom. The lowest BCUT2D eigenvalue weighted by Gasteiger charge is -2.37. The van der Waals surface area contributed by atoms with E-state index in [1.807, 2.05) is 4.90 Å². The summed E-state index contributed by atoms with van der Waals surface area (Å²) in [6, 6.07) is 4.79. The Morgan fingerprint density at radius 3 is 2.00 bits per heavy atom. The van der Waals surface area contributed by atoms with Crippen LogP contribution in [0.2, 0.25) is 0 Å². The van der Waals surface area contributed by atoms with Crippen LogP contribution in [-0.2, 0) is 19.6 Å². The quantitative estimate of drug-likeness (QED) is 0.702. The van der Waals surface area contributed by atoms with Crippen molar-refractivity contribution < 1.29 is 22.4 Å². The third kappa shape index (κ3) is 4.77. The number of nitrogens with zero attached hydrogens (tertiary/aromatic N) is 3. The Kier molecular flexibility index (Phi) is 6.62. The molecular weight excluding hydrogens is 421 g/mol. The lowest BCUT2D eigenvalue weighted by Crippen LogP contribution is -2.49. The van der Waals surface area contributed by atoms with Gasteiger partial charge in [-0.2, -0.15) is 4.31 Å². The van der Waals surface area contributed by atoms with Gasteiger partial charge in [-0.25, -0.2) is 12.8 Å². The van der Waals surface area contributed by atoms with Crippen LogP contribution in [0.25, 0.3) is 0 Å². The van der Waals surface area contributed by atoms with Crippen LogP contribution >= 0.6 is 0 Å². The van der Waals surface area contributed by atoms with E-state index in [2.05, 4.69) is 0 Å². The molecule has 170 valence electrons. The minimum absolute atomic E-state index is 0.0103. The maximum atomic E-state index is 13.2. The first-order valence-electron chi connectivity index (χ1n) is 11.2. The summed E-state index contributed by atoms with van der Waals surface area (Å²) in [4.78, 5) is 29.5. The average molecular weight is 452 g/mol. The monoisotopic (exact) mass is 451 g/mol. The van der Waals surface area contributed by atoms with E-state index >= 15 is 0 Å². The molecule has 0 aliphatic carbocycles. The summed E-state index contributed by atoms with van der Waals surface area (Å²) in [6.45, 7) is 3.28. The number of hydrogen-bond donors (Lipinski definition) is 0. The molecule has 31 heavy (non-hydrogen) atoms. The van der Waals surface area contributed by atoms with Crippen molar-refractivity contribution >= 4 is 21.8 Å². The van der Waals surface area contributed by atoms with Crippen LogP contribution < -0.4 is 0 Å². The van der Waals surface area contributed by atoms with Crippen molar-refractivity contribution in [2.24, 2.45) is 11.8 Å². The number of halogens is 1. The number of rotatable bonds is 4. The molecular formula is C22H30FN3O4S. The molecule has 7 nitrogen and oxygen atoms in total. The van der Waals surface area contributed by atoms with Gasteiger partial charge in [0.2, 0.25) is 21.8 Å². The van der Waals surface area contributed by atoms with Gasteiger partial charge >= 0.3 is 0 Å². The highest BCUT2D eigenvalue weighted by Gasteiger charge is 2.37. The zero-order valence-electron chi connectivity index (χ0n) is 17.7. The molecule has 0 radical (unpaired) electrons. The maximum absolute atomic E-state index is 13.2. The molecule has 0 aromatic heterocycles. The Morgan fingerprint density at radius 2 is 1.35 bits per heavy atom. The van der Waals surface area contributed by atoms with Gasteiger partial charge in [0.1, 0.15) is 5.82 Å². The molecule has 0 bridgehead atoms. The van der Waals surface area contributed by atoms with Crippen LogP contribution in [0.4, 0.5) is 4.39 Å². The van der Waals surface area contributed by atoms with Gasteiger partial charge in [-0.15, -0.1) is 0 Å². The third-order valence-electron chi connectivity index (χ3n) is 6.76. The van der Waals surface area contributed by atoms with Crippen LogP contribution in [0.1, 0.15) is 38.5 Å². The Hall–Kier alpha value is -2.00. The normalized spacial score (nSPS) is 23.8. The molecule has 3 fully saturated rings. The molecule has 9 heteroatoms. The highest BCUT2D eigenvalue weighted by Crippen LogP contribution is 2.28. The molecule has 1 aromatic rings. The second-order valence-corrected chi connectivity index (χ2v) is 10.7. The van der Waals surface area contributed by atoms with E-state index in [-0.39, 0.29) is 35.1 Å². The van der Waals surface area contributed by atoms with E-state index in [1.54, 1.807) is 4.90 Å². The number of benzene rings is 1. The van der Waals surface area contributed by atoms with E-state index in [1.165, 1.54) is 16.4 Å². The number of amides is 2. The smallest absolute Gasteiger partial charge is 0.243 e. The molecule has 0 N–H and O–H groups in total. The number of sulfonamides is 1. The average Bonchev–Trinajstić information content (AvgIpc) is 3.34. The van der Waals surface area contributed by atoms with Crippen molar-refractivity contribution in [2.45, 2.75) is 43.4 Å². The fourth-order valence-electron chi connectivity index (χ4n) is 4.92. The first kappa shape index (κ1) is 22.2. The summed E-state index contributed by atoms with van der Waals surface area (Å²) in [7, 11) is -3.76. The molecule has 3 heterocycles. The minimum Gasteiger partial charge on any atom is -0.342 e. The first-order valence-corrected chi connectivity index (χ1v) is 12.6. The summed E-state index contributed by atoms with van der Waals surface area (Å²) in [5.41, 5.74) is 0. The van der Waals surface area contributed by atoms with Gasteiger partial charge in [-0.3, -0.25) is 9.59 Å². The Labute approximate surface area is 183 Å². The van der Waals surface area contributed by atoms with Crippen molar-refractivity contribution in [1.82, 2.24) is 14.1 Å². The van der Waals surface area contributed by atoms with Crippen molar-refractivity contribution in [1.29, 1.82) is 0 Å². The second kappa shape index (κ2) is 9.24. The Bertz CT molecular complexity index is 907. The van der Waals surface area contributed by atoms with Crippen LogP contribution in [0.15, 0.2) is 29.2 Å². The SMILES string of the molecule is O=C(C1CCN(C(=O)C2CCCN(S(=O)(=O)c3ccc(F)cc3)C2)CC1)N1CCCC1. The molecule has 1 aromatic carbocycles. The van der Waals surface area contributed by atoms with Gasteiger partial charge in [0.15, 0.2) is 0 Å². The maximum Gasteiger partial charge on any atom is 0.243 e. The number of likely N-dealkylation sites (tertiary alicyclic amines) is 2. The van der Waals surface area contributed by atoms with E-state index in [4.69, 9.17) is 0 Å². The molecule has 1 unspecified atom stereocenters. The fraction of sp³-hybridized carbons (Fsp3) is 0.636. The van der Waals surface area contributed by atoms with Crippen LogP contribution in [0.5, 0.6) is 0 Å². The number of hydrogen-bond acceptors (Lipinski definition) is 4. The predicted octanol–water partition coefficient (Wildman–Crippen LogP) is 2.09. The molecule has 3 aliphatic heterocycles. The molecule has 0 saturated carbocycles. The molecule has 2 amide bonds. The first-order chi connectivity index (χ1) is 14.9. The van der Waals surface area contributed by atoms with Crippen LogP contribution in [0.3, 0.4) is 0 Å². The second-order valence-electron chi connectivity index (χ2n) is 8.79. The zero-order valence-corrected chi connectivity index (χ0v) is 18.5. The zero-order chi connectivity index (χ0) is 22.0. The Balaban J connectivity index is 1.35. The van der Waals surface area contributed by atoms with Crippen molar-refractivity contribution in [2.75, 3.05) is 39.3 Å². The molecule has 1 atom stereocenters. The van der Waals surface area contributed by atoms with Gasteiger partial charge in [0.05, 0.1) is 10.8 Å². The topological polar surface area (TPSA) is 78.0 Å². The van der Waals surface area contributed by atoms with Gasteiger partial charge in [-0.05, 0) is 62.8 Å². The number of piperidine rings is 2. The van der Waals surface area contributed by atoms with Crippen molar-refractivity contribution in [3.8, 4) is 0 Å². The van der Waals surface area contributed by atoms with Crippen LogP contribution in [-0.4, -0.2) is 73.6 Å². The largest absolute Gasteiger partial charge is 0.342 e. The fourth-order valence-corrected chi connectivity index (χ4v) is 6.44. The summed E-state index contributed by atoms with van der Waals surface area (Å²) < 4.78 is 40.4. The molecule has 4 rings (SSSR count). The molecule has 0 spiro atoms. The summed E-state index contributed by atoms with van der Waals surface area (Å²) in [5.74, 6) is -0.680. The van der Waals surface area contributed by atoms with Gasteiger partial charge < -0.3 is 9.80 Å². The number of carbonyl (C=O) groups is 2. The molecule has 3 aliphatic rings. The summed E-state index contributed by atoms with van der Waals surface area (Å²) >= 11 is 0. The van der Waals surface area contributed by atoms with E-state index < -0.39 is 15.8 Å². The van der Waals surface area contributed by atoms with Gasteiger partial charge in [0, 0.05) is 45.2 Å². The van der Waals surface area contributed by atoms with E-state index in [0.29, 0.717) is 45.3 Å². The standard InChI is InChI=1S/C22H30FN3O4S/c23-19-5-7-20(8-6-19)31(29,30)26-13-3-4-18(16-26)22(28)25-14-9-17(10-15-25)21(27)24-11-1-2-12-24/h5-8,17-18H,1-4,9-16H2. The van der Waals surface area contributed by atoms with Crippen LogP contribution in [0, 0.1) is 17.7 Å². The number of carbonyl (C=O) groups excluding carboxylic acids is 2. The lowest BCUT2D eigenvalue weighted by molar-refractivity contribution is -0.142. The summed E-state index contributed by atoms with van der Waals surface area (Å²) in [5, 5.41) is 0. The van der Waals surface area contributed by atoms with Crippen molar-refractivity contribution in [3.63, 3.8) is 0 Å². The van der Waals surface area contributed by atoms with Gasteiger partial charge in [-0.1, -0.05) is 0 Å². The van der Waals surface area contributed by atoms with Gasteiger partial charge in [0.25, 0.3) is 0 Å². The highest BCUT2D eigenvalue weighted by atomic mass is 32.2. The minimum atomic E-state index is -3.76. The highest BCUT2D eigenvalue weighted by molar-refractivity contribution is 7.89. The van der Waals surface area contributed by atoms with Crippen molar-refractivity contribution in [3.05, 3.63) is 30.1 Å². The molecule has 3 saturated heterocycles. The van der Waals surface area contributed by atoms with E-state index in [9.17, 15) is 22.4 Å².